The van der Waals surface area contributed by atoms with E-state index in [0.717, 1.165) is 9.79 Å². The van der Waals surface area contributed by atoms with Crippen LogP contribution >= 0.6 is 31.1 Å². The molecular formula is C31H44N3O7PS2. The summed E-state index contributed by atoms with van der Waals surface area (Å²) >= 11 is 3.13. The molecule has 13 heteroatoms. The lowest BCUT2D eigenvalue weighted by Gasteiger charge is -2.40. The molecule has 1 aliphatic rings. The van der Waals surface area contributed by atoms with Crippen molar-refractivity contribution in [1.29, 1.82) is 0 Å². The molecule has 2 unspecified atom stereocenters. The monoisotopic (exact) mass is 665 g/mol. The summed E-state index contributed by atoms with van der Waals surface area (Å²) in [5.74, 6) is -1.29. The lowest BCUT2D eigenvalue weighted by atomic mass is 9.85. The van der Waals surface area contributed by atoms with Gasteiger partial charge >= 0.3 is 13.7 Å². The average molecular weight is 666 g/mol. The topological polar surface area (TPSA) is 134 Å². The minimum absolute atomic E-state index is 0.292. The number of nitrogens with one attached hydrogen (secondary N) is 2. The standard InChI is InChI=1S/C31H44N3O7PS2/c1-7-10-26(32-28(35)25-11-8-9-20-34(25)29(36)27(31(2,3)4)33-30(37)38)42(39,40-21-12-16-23(43-5)17-13-21)41-22-14-18-24(44-6)19-15-22/h12-19,25-27,33H,7-11,20H2,1-6H3,(H,32,35)(H,37,38)/t25?,26-,27?/m1/s1. The number of amides is 3. The van der Waals surface area contributed by atoms with Crippen molar-refractivity contribution in [2.45, 2.75) is 87.5 Å². The SMILES string of the molecule is CCC[C@H](NC(=O)C1CCCCN1C(=O)C(NC(=O)O)C(C)(C)C)P(=O)(Oc1ccc(SC)cc1)Oc1ccc(SC)cc1. The Morgan fingerprint density at radius 1 is 0.955 bits per heavy atom. The van der Waals surface area contributed by atoms with Crippen LogP contribution in [0.1, 0.15) is 59.8 Å². The molecule has 242 valence electrons. The minimum atomic E-state index is -4.09. The lowest BCUT2D eigenvalue weighted by Crippen LogP contribution is -2.61. The Hall–Kier alpha value is -2.82. The normalized spacial score (nSPS) is 16.9. The maximum absolute atomic E-state index is 14.7. The second-order valence-electron chi connectivity index (χ2n) is 11.7. The molecule has 3 N–H and O–H groups in total. The molecule has 1 saturated heterocycles. The first-order valence-electron chi connectivity index (χ1n) is 14.7. The molecule has 0 saturated carbocycles. The van der Waals surface area contributed by atoms with Crippen LogP contribution in [0.5, 0.6) is 11.5 Å². The number of likely N-dealkylation sites (tertiary alicyclic amines) is 1. The van der Waals surface area contributed by atoms with Gasteiger partial charge in [-0.05, 0) is 92.1 Å². The van der Waals surface area contributed by atoms with E-state index >= 15 is 0 Å². The van der Waals surface area contributed by atoms with E-state index in [2.05, 4.69) is 10.6 Å². The third kappa shape index (κ3) is 9.59. The van der Waals surface area contributed by atoms with Gasteiger partial charge in [-0.25, -0.2) is 9.36 Å². The fourth-order valence-corrected chi connectivity index (χ4v) is 7.76. The molecule has 0 aromatic heterocycles. The molecule has 0 bridgehead atoms. The molecule has 44 heavy (non-hydrogen) atoms. The molecule has 3 atom stereocenters. The Kier molecular flexibility index (Phi) is 12.9. The van der Waals surface area contributed by atoms with E-state index in [-0.39, 0.29) is 0 Å². The second-order valence-corrected chi connectivity index (χ2v) is 15.5. The molecule has 2 aromatic rings. The Morgan fingerprint density at radius 3 is 1.91 bits per heavy atom. The van der Waals surface area contributed by atoms with Crippen molar-refractivity contribution in [2.24, 2.45) is 5.41 Å². The van der Waals surface area contributed by atoms with Crippen LogP contribution in [0.25, 0.3) is 0 Å². The zero-order chi connectivity index (χ0) is 32.5. The Morgan fingerprint density at radius 2 is 1.48 bits per heavy atom. The zero-order valence-corrected chi connectivity index (χ0v) is 28.7. The van der Waals surface area contributed by atoms with Gasteiger partial charge in [0, 0.05) is 16.3 Å². The van der Waals surface area contributed by atoms with E-state index in [1.165, 1.54) is 4.90 Å². The first-order valence-corrected chi connectivity index (χ1v) is 18.7. The Labute approximate surface area is 268 Å². The number of rotatable bonds is 13. The van der Waals surface area contributed by atoms with Gasteiger partial charge in [-0.2, -0.15) is 0 Å². The van der Waals surface area contributed by atoms with Crippen molar-refractivity contribution in [3.05, 3.63) is 48.5 Å². The summed E-state index contributed by atoms with van der Waals surface area (Å²) in [4.78, 5) is 42.6. The summed E-state index contributed by atoms with van der Waals surface area (Å²) in [5, 5.41) is 14.7. The Bertz CT molecular complexity index is 1270. The van der Waals surface area contributed by atoms with Crippen LogP contribution < -0.4 is 19.7 Å². The van der Waals surface area contributed by atoms with Gasteiger partial charge in [-0.1, -0.05) is 34.1 Å². The van der Waals surface area contributed by atoms with Crippen LogP contribution in [0.2, 0.25) is 0 Å². The van der Waals surface area contributed by atoms with Crippen molar-refractivity contribution < 1.29 is 33.1 Å². The molecule has 1 heterocycles. The highest BCUT2D eigenvalue weighted by Gasteiger charge is 2.44. The number of hydrogen-bond acceptors (Lipinski definition) is 8. The predicted molar refractivity (Wildman–Crippen MR) is 176 cm³/mol. The first-order chi connectivity index (χ1) is 20.8. The van der Waals surface area contributed by atoms with E-state index in [4.69, 9.17) is 9.05 Å². The van der Waals surface area contributed by atoms with Crippen molar-refractivity contribution in [3.8, 4) is 11.5 Å². The average Bonchev–Trinajstić information content (AvgIpc) is 2.99. The van der Waals surface area contributed by atoms with Gasteiger partial charge in [0.15, 0.2) is 5.78 Å². The number of carboxylic acid groups (broad SMARTS) is 1. The third-order valence-corrected chi connectivity index (χ3v) is 10.9. The number of carbonyl (C=O) groups is 3. The molecule has 0 aliphatic carbocycles. The van der Waals surface area contributed by atoms with E-state index in [1.807, 2.05) is 43.7 Å². The van der Waals surface area contributed by atoms with Gasteiger partial charge < -0.3 is 29.7 Å². The van der Waals surface area contributed by atoms with Crippen molar-refractivity contribution in [2.75, 3.05) is 19.1 Å². The van der Waals surface area contributed by atoms with E-state index in [0.29, 0.717) is 50.1 Å². The molecule has 0 radical (unpaired) electrons. The zero-order valence-electron chi connectivity index (χ0n) is 26.2. The fourth-order valence-electron chi connectivity index (χ4n) is 4.96. The van der Waals surface area contributed by atoms with Gasteiger partial charge in [0.05, 0.1) is 0 Å². The van der Waals surface area contributed by atoms with Crippen LogP contribution in [0, 0.1) is 5.41 Å². The number of benzene rings is 2. The third-order valence-electron chi connectivity index (χ3n) is 7.31. The molecule has 10 nitrogen and oxygen atoms in total. The molecule has 0 spiro atoms. The molecule has 3 amide bonds. The molecule has 1 fully saturated rings. The largest absolute Gasteiger partial charge is 0.465 e. The van der Waals surface area contributed by atoms with Crippen LogP contribution in [0.15, 0.2) is 58.3 Å². The van der Waals surface area contributed by atoms with Crippen LogP contribution in [0.3, 0.4) is 0 Å². The summed E-state index contributed by atoms with van der Waals surface area (Å²) in [6.07, 6.45) is 5.23. The highest BCUT2D eigenvalue weighted by atomic mass is 32.2. The number of hydrogen-bond donors (Lipinski definition) is 3. The smallest absolute Gasteiger partial charge is 0.452 e. The molecule has 2 aromatic carbocycles. The van der Waals surface area contributed by atoms with E-state index < -0.39 is 48.8 Å². The van der Waals surface area contributed by atoms with Crippen LogP contribution in [-0.4, -0.2) is 64.8 Å². The summed E-state index contributed by atoms with van der Waals surface area (Å²) in [5.41, 5.74) is -0.728. The van der Waals surface area contributed by atoms with Crippen molar-refractivity contribution >= 4 is 49.0 Å². The second kappa shape index (κ2) is 16.0. The van der Waals surface area contributed by atoms with Gasteiger partial charge in [0.25, 0.3) is 0 Å². The first kappa shape index (κ1) is 35.7. The molecule has 3 rings (SSSR count). The Balaban J connectivity index is 1.94. The van der Waals surface area contributed by atoms with E-state index in [1.54, 1.807) is 68.6 Å². The number of thioether (sulfide) groups is 2. The quantitative estimate of drug-likeness (QED) is 0.151. The number of nitrogens with zero attached hydrogens (tertiary/aromatic N) is 1. The van der Waals surface area contributed by atoms with Gasteiger partial charge in [0.2, 0.25) is 11.8 Å². The van der Waals surface area contributed by atoms with Crippen LogP contribution in [-0.2, 0) is 14.2 Å². The van der Waals surface area contributed by atoms with E-state index in [9.17, 15) is 24.1 Å². The van der Waals surface area contributed by atoms with Crippen molar-refractivity contribution in [3.63, 3.8) is 0 Å². The molecular weight excluding hydrogens is 621 g/mol. The number of carbonyl (C=O) groups excluding carboxylic acids is 2. The van der Waals surface area contributed by atoms with Gasteiger partial charge in [0.1, 0.15) is 23.6 Å². The number of piperidine rings is 1. The molecule has 1 aliphatic heterocycles. The van der Waals surface area contributed by atoms with Crippen molar-refractivity contribution in [1.82, 2.24) is 15.5 Å². The highest BCUT2D eigenvalue weighted by molar-refractivity contribution is 7.98. The maximum atomic E-state index is 14.7. The summed E-state index contributed by atoms with van der Waals surface area (Å²) in [6, 6.07) is 12.4. The lowest BCUT2D eigenvalue weighted by molar-refractivity contribution is -0.145. The summed E-state index contributed by atoms with van der Waals surface area (Å²) < 4.78 is 26.9. The summed E-state index contributed by atoms with van der Waals surface area (Å²) in [6.45, 7) is 7.52. The van der Waals surface area contributed by atoms with Crippen LogP contribution in [0.4, 0.5) is 4.79 Å². The van der Waals surface area contributed by atoms with Gasteiger partial charge in [-0.3, -0.25) is 9.59 Å². The fraction of sp³-hybridized carbons (Fsp3) is 0.516. The summed E-state index contributed by atoms with van der Waals surface area (Å²) in [7, 11) is -4.09. The van der Waals surface area contributed by atoms with Gasteiger partial charge in [-0.15, -0.1) is 23.5 Å². The predicted octanol–water partition coefficient (Wildman–Crippen LogP) is 7.09. The highest BCUT2D eigenvalue weighted by Crippen LogP contribution is 2.53. The minimum Gasteiger partial charge on any atom is -0.465 e. The maximum Gasteiger partial charge on any atom is 0.452 e.